The first-order valence-corrected chi connectivity index (χ1v) is 17.0. The molecule has 45 heavy (non-hydrogen) atoms. The zero-order valence-electron chi connectivity index (χ0n) is 27.1. The van der Waals surface area contributed by atoms with E-state index in [1.54, 1.807) is 0 Å². The summed E-state index contributed by atoms with van der Waals surface area (Å²) in [6, 6.07) is 5.01. The Bertz CT molecular complexity index is 1160. The second-order valence-corrected chi connectivity index (χ2v) is 11.1. The topological polar surface area (TPSA) is 149 Å². The van der Waals surface area contributed by atoms with Gasteiger partial charge in [0.05, 0.1) is 12.0 Å². The monoisotopic (exact) mass is 646 g/mol. The molecular formula is C33H51N4O7P. The number of ether oxygens (including phenoxy) is 1. The number of benzene rings is 1. The van der Waals surface area contributed by atoms with Crippen molar-refractivity contribution in [3.05, 3.63) is 95.1 Å². The fourth-order valence-corrected chi connectivity index (χ4v) is 4.78. The van der Waals surface area contributed by atoms with Crippen LogP contribution >= 0.6 is 7.67 Å². The Morgan fingerprint density at radius 2 is 1.38 bits per heavy atom. The number of methoxy groups -OCH3 is 1. The van der Waals surface area contributed by atoms with Gasteiger partial charge in [-0.25, -0.2) is 14.7 Å². The molecule has 1 aromatic carbocycles. The van der Waals surface area contributed by atoms with E-state index in [9.17, 15) is 24.3 Å². The summed E-state index contributed by atoms with van der Waals surface area (Å²) in [6.07, 6.45) is 28.0. The van der Waals surface area contributed by atoms with Gasteiger partial charge in [-0.05, 0) is 57.1 Å². The van der Waals surface area contributed by atoms with E-state index in [0.717, 1.165) is 38.5 Å². The van der Waals surface area contributed by atoms with E-state index >= 15 is 0 Å². The van der Waals surface area contributed by atoms with Gasteiger partial charge in [-0.1, -0.05) is 81.5 Å². The first-order chi connectivity index (χ1) is 21.8. The Labute approximate surface area is 268 Å². The molecule has 11 nitrogen and oxygen atoms in total. The van der Waals surface area contributed by atoms with Crippen LogP contribution in [0.3, 0.4) is 0 Å². The highest BCUT2D eigenvalue weighted by atomic mass is 31.2. The number of amides is 1. The third-order valence-corrected chi connectivity index (χ3v) is 7.32. The fraction of sp³-hybridized carbons (Fsp3) is 0.455. The molecule has 250 valence electrons. The van der Waals surface area contributed by atoms with Crippen LogP contribution in [0.25, 0.3) is 0 Å². The Hall–Kier alpha value is -3.79. The minimum absolute atomic E-state index is 0.0823. The number of nitrogens with one attached hydrogen (secondary N) is 3. The molecule has 0 heterocycles. The second-order valence-electron chi connectivity index (χ2n) is 9.16. The number of hydrogen-bond donors (Lipinski definition) is 3. The summed E-state index contributed by atoms with van der Waals surface area (Å²) < 4.78 is 23.2. The SMILES string of the molecule is CC.CC/C=C\C/C=C\C/C=C\C/C=C\C/C=C\CCCC(=O)NCCNP(=O)(NCC(=O)OC)Oc1ccc([N+](=O)[O-])cc1. The van der Waals surface area contributed by atoms with Gasteiger partial charge in [0, 0.05) is 31.6 Å². The van der Waals surface area contributed by atoms with Gasteiger partial charge in [-0.15, -0.1) is 0 Å². The van der Waals surface area contributed by atoms with Crippen molar-refractivity contribution in [3.8, 4) is 5.75 Å². The maximum atomic E-state index is 13.2. The summed E-state index contributed by atoms with van der Waals surface area (Å²) in [5.41, 5.74) is -0.151. The van der Waals surface area contributed by atoms with Crippen molar-refractivity contribution in [2.45, 2.75) is 72.1 Å². The van der Waals surface area contributed by atoms with Crippen LogP contribution in [0.4, 0.5) is 5.69 Å². The number of hydrogen-bond acceptors (Lipinski definition) is 7. The smallest absolute Gasteiger partial charge is 0.391 e. The Kier molecular flexibility index (Phi) is 25.4. The lowest BCUT2D eigenvalue weighted by molar-refractivity contribution is -0.384. The van der Waals surface area contributed by atoms with E-state index in [2.05, 4.69) is 87.9 Å². The number of unbranched alkanes of at least 4 members (excludes halogenated alkanes) is 1. The van der Waals surface area contributed by atoms with Gasteiger partial charge in [-0.3, -0.25) is 19.7 Å². The molecule has 1 rings (SSSR count). The van der Waals surface area contributed by atoms with Crippen LogP contribution in [-0.2, 0) is 18.9 Å². The third-order valence-electron chi connectivity index (χ3n) is 5.64. The van der Waals surface area contributed by atoms with Crippen molar-refractivity contribution >= 4 is 25.2 Å². The van der Waals surface area contributed by atoms with E-state index in [0.29, 0.717) is 12.8 Å². The average molecular weight is 647 g/mol. The number of non-ortho nitro benzene ring substituents is 1. The number of nitro benzene ring substituents is 1. The van der Waals surface area contributed by atoms with Gasteiger partial charge in [-0.2, -0.15) is 0 Å². The van der Waals surface area contributed by atoms with Gasteiger partial charge in [0.2, 0.25) is 5.91 Å². The minimum atomic E-state index is -3.81. The average Bonchev–Trinajstić information content (AvgIpc) is 3.04. The van der Waals surface area contributed by atoms with Crippen LogP contribution in [0.1, 0.15) is 72.1 Å². The summed E-state index contributed by atoms with van der Waals surface area (Å²) >= 11 is 0. The van der Waals surface area contributed by atoms with Crippen LogP contribution in [0, 0.1) is 10.1 Å². The molecule has 0 fully saturated rings. The molecule has 0 saturated carbocycles. The van der Waals surface area contributed by atoms with Crippen LogP contribution in [0.2, 0.25) is 0 Å². The van der Waals surface area contributed by atoms with Crippen LogP contribution in [-0.4, -0.2) is 43.5 Å². The molecule has 1 atom stereocenters. The molecule has 0 aliphatic rings. The quantitative estimate of drug-likeness (QED) is 0.0274. The lowest BCUT2D eigenvalue weighted by Gasteiger charge is -2.21. The third kappa shape index (κ3) is 23.3. The normalized spacial score (nSPS) is 12.9. The molecule has 0 aliphatic carbocycles. The van der Waals surface area contributed by atoms with E-state index in [1.807, 2.05) is 13.8 Å². The minimum Gasteiger partial charge on any atom is -0.468 e. The van der Waals surface area contributed by atoms with Crippen LogP contribution in [0.15, 0.2) is 85.0 Å². The summed E-state index contributed by atoms with van der Waals surface area (Å²) in [5.74, 6) is -0.698. The Morgan fingerprint density at radius 1 is 0.844 bits per heavy atom. The van der Waals surface area contributed by atoms with Crippen molar-refractivity contribution in [1.29, 1.82) is 0 Å². The maximum Gasteiger partial charge on any atom is 0.391 e. The highest BCUT2D eigenvalue weighted by Crippen LogP contribution is 2.38. The number of rotatable bonds is 23. The zero-order valence-corrected chi connectivity index (χ0v) is 28.0. The van der Waals surface area contributed by atoms with Gasteiger partial charge in [0.25, 0.3) is 5.69 Å². The van der Waals surface area contributed by atoms with E-state index in [1.165, 1.54) is 31.4 Å². The van der Waals surface area contributed by atoms with Crippen molar-refractivity contribution in [1.82, 2.24) is 15.5 Å². The number of nitro groups is 1. The molecule has 1 amide bonds. The predicted octanol–water partition coefficient (Wildman–Crippen LogP) is 7.50. The molecule has 1 unspecified atom stereocenters. The van der Waals surface area contributed by atoms with Crippen LogP contribution < -0.4 is 20.0 Å². The first kappa shape index (κ1) is 41.2. The van der Waals surface area contributed by atoms with E-state index in [-0.39, 0.29) is 30.4 Å². The molecule has 0 saturated heterocycles. The summed E-state index contributed by atoms with van der Waals surface area (Å²) in [5, 5.41) is 18.8. The van der Waals surface area contributed by atoms with E-state index in [4.69, 9.17) is 4.52 Å². The number of carbonyl (C=O) groups is 2. The largest absolute Gasteiger partial charge is 0.468 e. The lowest BCUT2D eigenvalue weighted by atomic mass is 10.2. The molecule has 1 aromatic rings. The first-order valence-electron chi connectivity index (χ1n) is 15.4. The van der Waals surface area contributed by atoms with Crippen molar-refractivity contribution in [3.63, 3.8) is 0 Å². The number of carbonyl (C=O) groups excluding carboxylic acids is 2. The molecule has 12 heteroatoms. The number of esters is 1. The lowest BCUT2D eigenvalue weighted by Crippen LogP contribution is -2.35. The fourth-order valence-electron chi connectivity index (χ4n) is 3.38. The number of allylic oxidation sites excluding steroid dienone is 10. The van der Waals surface area contributed by atoms with Gasteiger partial charge < -0.3 is 14.6 Å². The standard InChI is InChI=1S/C31H45N4O7P.C2H6/c1-3-4-5-6-7-8-9-10-11-12-13-14-15-16-17-18-19-20-30(36)32-25-26-33-43(40,34-27-31(37)41-2)42-29-23-21-28(22-24-29)35(38)39;1-2/h4-5,7-8,10-11,13-14,16-17,21-24H,3,6,9,12,15,18-20,25-27H2,1-2H3,(H,32,36)(H2,33,34,40);1-2H3/b5-4-,8-7-,11-10-,14-13-,17-16-;. The second kappa shape index (κ2) is 27.7. The molecule has 0 aromatic heterocycles. The molecule has 0 radical (unpaired) electrons. The predicted molar refractivity (Wildman–Crippen MR) is 182 cm³/mol. The van der Waals surface area contributed by atoms with Gasteiger partial charge >= 0.3 is 13.6 Å². The molecule has 3 N–H and O–H groups in total. The summed E-state index contributed by atoms with van der Waals surface area (Å²) in [7, 11) is -2.62. The molecular weight excluding hydrogens is 595 g/mol. The Balaban J connectivity index is 0.00000947. The van der Waals surface area contributed by atoms with Crippen molar-refractivity contribution < 1.29 is 28.3 Å². The molecule has 0 bridgehead atoms. The Morgan fingerprint density at radius 3 is 1.89 bits per heavy atom. The zero-order chi connectivity index (χ0) is 33.6. The molecule has 0 spiro atoms. The van der Waals surface area contributed by atoms with E-state index < -0.39 is 25.1 Å². The summed E-state index contributed by atoms with van der Waals surface area (Å²) in [6.45, 7) is 5.99. The van der Waals surface area contributed by atoms with Gasteiger partial charge in [0.15, 0.2) is 0 Å². The number of nitrogens with zero attached hydrogens (tertiary/aromatic N) is 1. The summed E-state index contributed by atoms with van der Waals surface area (Å²) in [4.78, 5) is 33.9. The van der Waals surface area contributed by atoms with Gasteiger partial charge in [0.1, 0.15) is 12.3 Å². The highest BCUT2D eigenvalue weighted by Gasteiger charge is 2.25. The van der Waals surface area contributed by atoms with Crippen LogP contribution in [0.5, 0.6) is 5.75 Å². The maximum absolute atomic E-state index is 13.2. The highest BCUT2D eigenvalue weighted by molar-refractivity contribution is 7.55. The van der Waals surface area contributed by atoms with Crippen molar-refractivity contribution in [2.75, 3.05) is 26.7 Å². The van der Waals surface area contributed by atoms with Crippen molar-refractivity contribution in [2.24, 2.45) is 0 Å². The molecule has 0 aliphatic heterocycles.